The molecule has 0 saturated heterocycles. The van der Waals surface area contributed by atoms with Crippen LogP contribution >= 0.6 is 0 Å². The van der Waals surface area contributed by atoms with Crippen LogP contribution in [0.15, 0.2) is 59.4 Å². The van der Waals surface area contributed by atoms with Crippen LogP contribution in [0.25, 0.3) is 32.4 Å². The molecule has 114 valence electrons. The predicted octanol–water partition coefficient (Wildman–Crippen LogP) is 3.37. The van der Waals surface area contributed by atoms with E-state index in [1.54, 1.807) is 19.2 Å². The largest absolute Gasteiger partial charge is 0.497 e. The maximum atomic E-state index is 12.7. The molecule has 4 nitrogen and oxygen atoms in total. The Labute approximate surface area is 132 Å². The van der Waals surface area contributed by atoms with Gasteiger partial charge >= 0.3 is 0 Å². The average Bonchev–Trinajstić information content (AvgIpc) is 2.60. The van der Waals surface area contributed by atoms with Gasteiger partial charge in [-0.1, -0.05) is 24.3 Å². The first-order valence-corrected chi connectivity index (χ1v) is 7.32. The molecule has 4 aromatic rings. The van der Waals surface area contributed by atoms with E-state index < -0.39 is 0 Å². The van der Waals surface area contributed by atoms with E-state index in [1.165, 1.54) is 11.8 Å². The number of ether oxygens (including phenoxy) is 1. The lowest BCUT2D eigenvalue weighted by Crippen LogP contribution is -2.25. The van der Waals surface area contributed by atoms with Crippen molar-refractivity contribution in [1.29, 1.82) is 0 Å². The summed E-state index contributed by atoms with van der Waals surface area (Å²) in [6.45, 7) is 0. The van der Waals surface area contributed by atoms with Gasteiger partial charge in [0.15, 0.2) is 0 Å². The summed E-state index contributed by atoms with van der Waals surface area (Å²) in [6.07, 6.45) is 0. The number of hydrogen-bond donors (Lipinski definition) is 0. The van der Waals surface area contributed by atoms with Gasteiger partial charge < -0.3 is 9.57 Å². The van der Waals surface area contributed by atoms with Crippen molar-refractivity contribution >= 4 is 32.4 Å². The van der Waals surface area contributed by atoms with Crippen molar-refractivity contribution in [3.63, 3.8) is 0 Å². The number of methoxy groups -OCH3 is 1. The van der Waals surface area contributed by atoms with Crippen LogP contribution in [0.4, 0.5) is 0 Å². The van der Waals surface area contributed by atoms with Crippen LogP contribution in [0.5, 0.6) is 5.75 Å². The summed E-state index contributed by atoms with van der Waals surface area (Å²) in [6, 6.07) is 17.6. The molecule has 3 aromatic carbocycles. The summed E-state index contributed by atoms with van der Waals surface area (Å²) in [7, 11) is 3.13. The number of hydrogen-bond acceptors (Lipinski definition) is 3. The van der Waals surface area contributed by atoms with Gasteiger partial charge in [0.2, 0.25) is 0 Å². The van der Waals surface area contributed by atoms with E-state index in [4.69, 9.17) is 9.57 Å². The minimum atomic E-state index is -0.173. The van der Waals surface area contributed by atoms with Crippen molar-refractivity contribution in [2.24, 2.45) is 0 Å². The van der Waals surface area contributed by atoms with Crippen LogP contribution in [0.1, 0.15) is 0 Å². The molecule has 0 radical (unpaired) electrons. The molecule has 0 aliphatic rings. The molecule has 0 aliphatic heterocycles. The molecule has 4 heteroatoms. The highest BCUT2D eigenvalue weighted by Gasteiger charge is 2.13. The van der Waals surface area contributed by atoms with Crippen molar-refractivity contribution in [2.45, 2.75) is 0 Å². The van der Waals surface area contributed by atoms with Gasteiger partial charge in [-0.05, 0) is 41.1 Å². The molecule has 4 rings (SSSR count). The fourth-order valence-electron chi connectivity index (χ4n) is 3.07. The SMILES string of the molecule is COc1ccc2c(=O)n(OC)c3cc4ccccc4cc3c2c1. The van der Waals surface area contributed by atoms with E-state index in [2.05, 4.69) is 12.1 Å². The smallest absolute Gasteiger partial charge is 0.291 e. The van der Waals surface area contributed by atoms with E-state index >= 15 is 0 Å². The molecule has 1 aromatic heterocycles. The summed E-state index contributed by atoms with van der Waals surface area (Å²) >= 11 is 0. The lowest BCUT2D eigenvalue weighted by Gasteiger charge is -2.13. The Hall–Kier alpha value is -3.01. The maximum Gasteiger partial charge on any atom is 0.291 e. The molecular weight excluding hydrogens is 290 g/mol. The Bertz CT molecular complexity index is 1110. The second kappa shape index (κ2) is 5.02. The molecule has 0 fully saturated rings. The zero-order valence-corrected chi connectivity index (χ0v) is 12.9. The fraction of sp³-hybridized carbons (Fsp3) is 0.105. The summed E-state index contributed by atoms with van der Waals surface area (Å²) in [5.74, 6) is 0.724. The summed E-state index contributed by atoms with van der Waals surface area (Å²) in [5.41, 5.74) is 0.574. The molecule has 0 bridgehead atoms. The standard InChI is InChI=1S/C19H15NO3/c1-22-14-7-8-15-16(11-14)17-9-12-5-3-4-6-13(12)10-18(17)20(23-2)19(15)21/h3-11H,1-2H3. The lowest BCUT2D eigenvalue weighted by atomic mass is 10.0. The van der Waals surface area contributed by atoms with E-state index in [0.29, 0.717) is 5.39 Å². The highest BCUT2D eigenvalue weighted by molar-refractivity contribution is 6.10. The number of nitrogens with zero attached hydrogens (tertiary/aromatic N) is 1. The van der Waals surface area contributed by atoms with Crippen molar-refractivity contribution in [1.82, 2.24) is 4.73 Å². The minimum Gasteiger partial charge on any atom is -0.497 e. The van der Waals surface area contributed by atoms with E-state index in [9.17, 15) is 4.79 Å². The third kappa shape index (κ3) is 1.95. The quantitative estimate of drug-likeness (QED) is 0.421. The molecule has 0 spiro atoms. The second-order valence-corrected chi connectivity index (χ2v) is 5.41. The molecule has 0 aliphatic carbocycles. The summed E-state index contributed by atoms with van der Waals surface area (Å²) < 4.78 is 6.66. The van der Waals surface area contributed by atoms with Gasteiger partial charge in [0.1, 0.15) is 12.9 Å². The number of pyridine rings is 1. The van der Waals surface area contributed by atoms with Gasteiger partial charge in [0, 0.05) is 10.8 Å². The minimum absolute atomic E-state index is 0.173. The monoisotopic (exact) mass is 305 g/mol. The fourth-order valence-corrected chi connectivity index (χ4v) is 3.07. The molecule has 0 amide bonds. The van der Waals surface area contributed by atoms with Crippen LogP contribution in [0, 0.1) is 0 Å². The zero-order chi connectivity index (χ0) is 16.0. The molecule has 0 N–H and O–H groups in total. The molecule has 23 heavy (non-hydrogen) atoms. The van der Waals surface area contributed by atoms with Gasteiger partial charge in [-0.3, -0.25) is 4.79 Å². The second-order valence-electron chi connectivity index (χ2n) is 5.41. The Balaban J connectivity index is 2.29. The van der Waals surface area contributed by atoms with Crippen LogP contribution < -0.4 is 15.1 Å². The topological polar surface area (TPSA) is 40.5 Å². The lowest BCUT2D eigenvalue weighted by molar-refractivity contribution is 0.170. The van der Waals surface area contributed by atoms with E-state index in [1.807, 2.05) is 30.3 Å². The number of aromatic nitrogens is 1. The Morgan fingerprint density at radius 3 is 2.26 bits per heavy atom. The Morgan fingerprint density at radius 2 is 1.57 bits per heavy atom. The number of benzene rings is 3. The van der Waals surface area contributed by atoms with E-state index in [-0.39, 0.29) is 5.56 Å². The van der Waals surface area contributed by atoms with Crippen molar-refractivity contribution < 1.29 is 9.57 Å². The molecule has 0 unspecified atom stereocenters. The summed E-state index contributed by atoms with van der Waals surface area (Å²) in [4.78, 5) is 18.1. The van der Waals surface area contributed by atoms with Gasteiger partial charge in [-0.25, -0.2) is 0 Å². The highest BCUT2D eigenvalue weighted by atomic mass is 16.6. The first-order valence-electron chi connectivity index (χ1n) is 7.32. The molecular formula is C19H15NO3. The average molecular weight is 305 g/mol. The van der Waals surface area contributed by atoms with Crippen LogP contribution in [-0.2, 0) is 0 Å². The molecule has 1 heterocycles. The van der Waals surface area contributed by atoms with Crippen LogP contribution in [0.2, 0.25) is 0 Å². The van der Waals surface area contributed by atoms with Crippen molar-refractivity contribution in [2.75, 3.05) is 14.2 Å². The van der Waals surface area contributed by atoms with Crippen molar-refractivity contribution in [3.8, 4) is 5.75 Å². The van der Waals surface area contributed by atoms with Crippen LogP contribution in [-0.4, -0.2) is 19.0 Å². The zero-order valence-electron chi connectivity index (χ0n) is 12.9. The number of rotatable bonds is 2. The Morgan fingerprint density at radius 1 is 0.826 bits per heavy atom. The first-order chi connectivity index (χ1) is 11.2. The number of fused-ring (bicyclic) bond motifs is 4. The van der Waals surface area contributed by atoms with E-state index in [0.717, 1.165) is 32.8 Å². The molecule has 0 atom stereocenters. The Kier molecular flexibility index (Phi) is 2.98. The van der Waals surface area contributed by atoms with Crippen LogP contribution in [0.3, 0.4) is 0 Å². The summed E-state index contributed by atoms with van der Waals surface area (Å²) in [5, 5.41) is 4.61. The predicted molar refractivity (Wildman–Crippen MR) is 92.3 cm³/mol. The van der Waals surface area contributed by atoms with Gasteiger partial charge in [-0.2, -0.15) is 0 Å². The van der Waals surface area contributed by atoms with Gasteiger partial charge in [-0.15, -0.1) is 4.73 Å². The van der Waals surface area contributed by atoms with Gasteiger partial charge in [0.25, 0.3) is 5.56 Å². The van der Waals surface area contributed by atoms with Crippen molar-refractivity contribution in [3.05, 3.63) is 65.0 Å². The third-order valence-electron chi connectivity index (χ3n) is 4.20. The normalized spacial score (nSPS) is 11.2. The first kappa shape index (κ1) is 13.6. The third-order valence-corrected chi connectivity index (χ3v) is 4.20. The van der Waals surface area contributed by atoms with Gasteiger partial charge in [0.05, 0.1) is 18.0 Å². The maximum absolute atomic E-state index is 12.7. The molecule has 0 saturated carbocycles. The highest BCUT2D eigenvalue weighted by Crippen LogP contribution is 2.29.